The minimum absolute atomic E-state index is 0.0559. The second kappa shape index (κ2) is 33.6. The molecular formula is C67H112N7O18+. The van der Waals surface area contributed by atoms with Gasteiger partial charge in [0.15, 0.2) is 24.5 Å². The van der Waals surface area contributed by atoms with E-state index in [9.17, 15) is 59.1 Å². The number of hydrogen-bond acceptors (Lipinski definition) is 19. The number of benzene rings is 1. The summed E-state index contributed by atoms with van der Waals surface area (Å²) in [7, 11) is 7.26. The van der Waals surface area contributed by atoms with Gasteiger partial charge in [0.1, 0.15) is 36.5 Å². The number of amides is 6. The molecule has 25 nitrogen and oxygen atoms in total. The number of likely N-dealkylation sites (N-methyl/N-ethyl adjacent to an activating group) is 2. The number of Topliss-reactive ketones (excluding diaryl/α,β-unsaturated/α-hetero) is 1. The number of nitrogens with zero attached hydrogens (tertiary/aromatic N) is 3. The standard InChI is InChI=1S/C67H111N7O18/c1-17-50-67(12,86)58(80)43(8)72(13)36-39(4)34-65(10,85)60(41(6)57(42(7)62(83)90-50)91-54-35-66(11,87-16)59(81)44(9)89-54)92-63-56(79)48(32-40(5)88-63)74(14,15)37-45-24-26-47(27-25-45)70-61(82)46(22-21-30-69-64(68)84)33-49(75)55(38(2)3)71-51(76)23-19-18-20-31-73-52(77)28-29-53(73)78/h24-29,38-44,46,48,50,54-60,63,79-81,85-86H,17-23,30-37H2,1-16H3,(H4-,68,69,70,71,76,82,84)/p+1. The molecule has 92 heavy (non-hydrogen) atoms. The van der Waals surface area contributed by atoms with Gasteiger partial charge in [-0.1, -0.05) is 53.2 Å². The first-order valence-electron chi connectivity index (χ1n) is 33.1. The number of ether oxygens (including phenoxy) is 6. The maximum Gasteiger partial charge on any atom is 0.312 e. The van der Waals surface area contributed by atoms with Crippen molar-refractivity contribution in [3.05, 3.63) is 42.0 Å². The van der Waals surface area contributed by atoms with Crippen LogP contribution in [0.15, 0.2) is 36.4 Å². The average Bonchev–Trinajstić information content (AvgIpc) is 0.823. The van der Waals surface area contributed by atoms with E-state index in [2.05, 4.69) is 16.0 Å². The zero-order chi connectivity index (χ0) is 69.0. The van der Waals surface area contributed by atoms with Gasteiger partial charge in [0.25, 0.3) is 11.8 Å². The minimum Gasteiger partial charge on any atom is -0.459 e. The largest absolute Gasteiger partial charge is 0.459 e. The van der Waals surface area contributed by atoms with E-state index in [4.69, 9.17) is 34.2 Å². The Bertz CT molecular complexity index is 2640. The highest BCUT2D eigenvalue weighted by Gasteiger charge is 2.54. The number of quaternary nitrogens is 1. The number of cyclic esters (lactones) is 1. The summed E-state index contributed by atoms with van der Waals surface area (Å²) in [5.41, 5.74) is 1.91. The molecule has 4 aliphatic heterocycles. The number of nitrogens with one attached hydrogen (secondary N) is 3. The van der Waals surface area contributed by atoms with Crippen LogP contribution in [0.3, 0.4) is 0 Å². The second-order valence-electron chi connectivity index (χ2n) is 28.4. The van der Waals surface area contributed by atoms with Crippen LogP contribution >= 0.6 is 0 Å². The molecule has 3 saturated heterocycles. The third kappa shape index (κ3) is 20.5. The summed E-state index contributed by atoms with van der Waals surface area (Å²) in [5.74, 6) is -5.99. The maximum atomic E-state index is 14.6. The zero-order valence-electron chi connectivity index (χ0n) is 57.4. The van der Waals surface area contributed by atoms with Crippen molar-refractivity contribution in [3.8, 4) is 0 Å². The predicted molar refractivity (Wildman–Crippen MR) is 342 cm³/mol. The summed E-state index contributed by atoms with van der Waals surface area (Å²) in [6.07, 6.45) is -5.45. The number of unbranched alkanes of at least 4 members (excludes halogenated alkanes) is 2. The van der Waals surface area contributed by atoms with Crippen LogP contribution < -0.4 is 21.7 Å². The van der Waals surface area contributed by atoms with Crippen molar-refractivity contribution in [1.29, 1.82) is 0 Å². The van der Waals surface area contributed by atoms with Crippen LogP contribution in [0.2, 0.25) is 0 Å². The Balaban J connectivity index is 1.36. The number of imide groups is 1. The lowest BCUT2D eigenvalue weighted by molar-refractivity contribution is -0.934. The van der Waals surface area contributed by atoms with Gasteiger partial charge < -0.3 is 85.0 Å². The lowest BCUT2D eigenvalue weighted by atomic mass is 9.77. The minimum atomic E-state index is -1.88. The van der Waals surface area contributed by atoms with Crippen molar-refractivity contribution in [2.75, 3.05) is 53.2 Å². The first-order chi connectivity index (χ1) is 42.9. The van der Waals surface area contributed by atoms with Gasteiger partial charge in [0.05, 0.1) is 61.7 Å². The Labute approximate surface area is 544 Å². The summed E-state index contributed by atoms with van der Waals surface area (Å²) < 4.78 is 38.8. The predicted octanol–water partition coefficient (Wildman–Crippen LogP) is 4.20. The number of esters is 1. The van der Waals surface area contributed by atoms with Crippen molar-refractivity contribution in [1.82, 2.24) is 20.4 Å². The van der Waals surface area contributed by atoms with Gasteiger partial charge in [0, 0.05) is 93.7 Å². The molecule has 3 fully saturated rings. The number of primary amides is 1. The number of aliphatic hydroxyl groups excluding tert-OH is 3. The molecule has 0 saturated carbocycles. The number of aliphatic hydroxyl groups is 5. The summed E-state index contributed by atoms with van der Waals surface area (Å²) in [6.45, 7) is 22.1. The van der Waals surface area contributed by atoms with Gasteiger partial charge in [-0.15, -0.1) is 0 Å². The van der Waals surface area contributed by atoms with Crippen molar-refractivity contribution < 1.29 is 92.0 Å². The molecule has 1 aromatic rings. The monoisotopic (exact) mass is 1300 g/mol. The lowest BCUT2D eigenvalue weighted by Crippen LogP contribution is -2.64. The highest BCUT2D eigenvalue weighted by molar-refractivity contribution is 6.12. The third-order valence-electron chi connectivity index (χ3n) is 19.6. The van der Waals surface area contributed by atoms with Gasteiger partial charge in [-0.2, -0.15) is 0 Å². The fourth-order valence-corrected chi connectivity index (χ4v) is 13.9. The summed E-state index contributed by atoms with van der Waals surface area (Å²) >= 11 is 0. The van der Waals surface area contributed by atoms with E-state index in [0.29, 0.717) is 50.9 Å². The maximum absolute atomic E-state index is 14.6. The summed E-state index contributed by atoms with van der Waals surface area (Å²) in [4.78, 5) is 94.2. The number of nitrogens with two attached hydrogens (primary N) is 1. The third-order valence-corrected chi connectivity index (χ3v) is 19.6. The average molecular weight is 1300 g/mol. The highest BCUT2D eigenvalue weighted by atomic mass is 16.7. The Hall–Kier alpha value is -5.03. The lowest BCUT2D eigenvalue weighted by Gasteiger charge is -2.50. The molecule has 4 aliphatic rings. The van der Waals surface area contributed by atoms with E-state index in [1.807, 2.05) is 52.0 Å². The fourth-order valence-electron chi connectivity index (χ4n) is 13.9. The van der Waals surface area contributed by atoms with E-state index >= 15 is 0 Å². The summed E-state index contributed by atoms with van der Waals surface area (Å²) in [6, 6.07) is 4.49. The normalized spacial score (nSPS) is 34.6. The zero-order valence-corrected chi connectivity index (χ0v) is 57.4. The van der Waals surface area contributed by atoms with Crippen molar-refractivity contribution in [2.24, 2.45) is 35.3 Å². The molecule has 1 aromatic carbocycles. The molecule has 4 heterocycles. The molecule has 0 aliphatic carbocycles. The Morgan fingerprint density at radius 1 is 0.870 bits per heavy atom. The van der Waals surface area contributed by atoms with Crippen molar-refractivity contribution in [2.45, 2.75) is 257 Å². The molecule has 0 radical (unpaired) electrons. The molecule has 522 valence electrons. The topological polar surface area (TPSA) is 345 Å². The Morgan fingerprint density at radius 3 is 2.11 bits per heavy atom. The number of hydrogen-bond donors (Lipinski definition) is 9. The highest BCUT2D eigenvalue weighted by Crippen LogP contribution is 2.41. The van der Waals surface area contributed by atoms with Gasteiger partial charge in [-0.3, -0.25) is 33.7 Å². The number of ketones is 1. The number of methoxy groups -OCH3 is 1. The first-order valence-corrected chi connectivity index (χ1v) is 33.1. The number of anilines is 1. The fraction of sp³-hybridized carbons (Fsp3) is 0.776. The van der Waals surface area contributed by atoms with E-state index in [1.54, 1.807) is 74.4 Å². The number of carbonyl (C=O) groups is 7. The Kier molecular flexibility index (Phi) is 28.3. The summed E-state index contributed by atoms with van der Waals surface area (Å²) in [5, 5.41) is 68.9. The molecule has 0 aromatic heterocycles. The molecule has 25 heteroatoms. The molecule has 5 rings (SSSR count). The molecule has 0 bridgehead atoms. The van der Waals surface area contributed by atoms with Gasteiger partial charge in [-0.25, -0.2) is 4.79 Å². The van der Waals surface area contributed by atoms with Crippen LogP contribution in [0, 0.1) is 29.6 Å². The molecule has 20 atom stereocenters. The van der Waals surface area contributed by atoms with E-state index in [0.717, 1.165) is 10.5 Å². The number of carbonyl (C=O) groups excluding carboxylic acids is 7. The van der Waals surface area contributed by atoms with Gasteiger partial charge in [-0.05, 0) is 118 Å². The number of urea groups is 1. The van der Waals surface area contributed by atoms with Crippen LogP contribution in [-0.2, 0) is 63.7 Å². The molecule has 6 amide bonds. The van der Waals surface area contributed by atoms with E-state index in [1.165, 1.54) is 26.2 Å². The quantitative estimate of drug-likeness (QED) is 0.0271. The Morgan fingerprint density at radius 2 is 1.51 bits per heavy atom. The van der Waals surface area contributed by atoms with Crippen LogP contribution in [0.1, 0.15) is 159 Å². The molecule has 0 spiro atoms. The van der Waals surface area contributed by atoms with Crippen LogP contribution in [0.25, 0.3) is 0 Å². The number of rotatable bonds is 26. The van der Waals surface area contributed by atoms with Crippen LogP contribution in [0.4, 0.5) is 10.5 Å². The molecular weight excluding hydrogens is 1190 g/mol. The first kappa shape index (κ1) is 77.7. The van der Waals surface area contributed by atoms with Crippen molar-refractivity contribution in [3.63, 3.8) is 0 Å². The molecule has 20 unspecified atom stereocenters. The van der Waals surface area contributed by atoms with Crippen LogP contribution in [0.5, 0.6) is 0 Å². The SMILES string of the molecule is CCC1OC(=O)C(C)C(OC2CC(C)(OC)C(O)C(C)O2)C(C)C(OC2OC(C)CC([N+](C)(C)Cc3ccc(NC(=O)C(CCCNC(N)=O)CC(=O)C(NC(=O)CCCCCN4C(=O)C=CC4=O)C(C)C)cc3)C2O)C(C)(O)CC(C)CN(C)C(C)C(O)C1(C)O. The van der Waals surface area contributed by atoms with E-state index in [-0.39, 0.29) is 91.4 Å². The van der Waals surface area contributed by atoms with E-state index < -0.39 is 132 Å². The smallest absolute Gasteiger partial charge is 0.312 e. The van der Waals surface area contributed by atoms with Gasteiger partial charge >= 0.3 is 12.0 Å². The second-order valence-corrected chi connectivity index (χ2v) is 28.4. The van der Waals surface area contributed by atoms with Crippen LogP contribution in [-0.4, -0.2) is 225 Å². The van der Waals surface area contributed by atoms with Gasteiger partial charge in [0.2, 0.25) is 11.8 Å². The van der Waals surface area contributed by atoms with Crippen molar-refractivity contribution >= 4 is 47.1 Å². The molecule has 10 N–H and O–H groups in total.